The van der Waals surface area contributed by atoms with Gasteiger partial charge in [-0.1, -0.05) is 0 Å². The number of aliphatic hydroxyl groups is 1. The maximum Gasteiger partial charge on any atom is 0.251 e. The maximum absolute atomic E-state index is 12.5. The summed E-state index contributed by atoms with van der Waals surface area (Å²) >= 11 is 0. The van der Waals surface area contributed by atoms with Gasteiger partial charge in [0.1, 0.15) is 0 Å². The molecule has 0 bridgehead atoms. The number of rotatable bonds is 5. The Bertz CT molecular complexity index is 880. The normalized spacial score (nSPS) is 12.5. The Morgan fingerprint density at radius 3 is 2.88 bits per heavy atom. The minimum absolute atomic E-state index is 0.0513. The average Bonchev–Trinajstić information content (AvgIpc) is 3.11. The van der Waals surface area contributed by atoms with Crippen LogP contribution in [-0.2, 0) is 13.6 Å². The molecule has 1 unspecified atom stereocenters. The Hall–Kier alpha value is -2.67. The molecule has 3 rings (SSSR count). The fraction of sp³-hybridized carbons (Fsp3) is 0.353. The summed E-state index contributed by atoms with van der Waals surface area (Å²) < 4.78 is 3.65. The van der Waals surface area contributed by atoms with E-state index in [0.29, 0.717) is 12.1 Å². The molecule has 1 atom stereocenters. The molecule has 0 aliphatic heterocycles. The molecule has 0 aliphatic rings. The highest BCUT2D eigenvalue weighted by molar-refractivity contribution is 5.97. The van der Waals surface area contributed by atoms with Crippen molar-refractivity contribution in [2.24, 2.45) is 7.05 Å². The first-order valence-corrected chi connectivity index (χ1v) is 7.86. The van der Waals surface area contributed by atoms with E-state index >= 15 is 0 Å². The maximum atomic E-state index is 12.5. The van der Waals surface area contributed by atoms with Crippen molar-refractivity contribution in [3.63, 3.8) is 0 Å². The standard InChI is InChI=1S/C17H21N5O2/c1-11(14-9-19-21(3)12(14)2)20-17(24)13-4-5-16-15(8-13)18-10-22(16)6-7-23/h4-5,8-11,23H,6-7H2,1-3H3,(H,20,24). The van der Waals surface area contributed by atoms with Crippen LogP contribution in [0, 0.1) is 6.92 Å². The van der Waals surface area contributed by atoms with E-state index in [1.807, 2.05) is 31.5 Å². The molecule has 0 saturated heterocycles. The Morgan fingerprint density at radius 1 is 1.42 bits per heavy atom. The summed E-state index contributed by atoms with van der Waals surface area (Å²) in [5.74, 6) is -0.149. The van der Waals surface area contributed by atoms with Crippen LogP contribution in [0.25, 0.3) is 11.0 Å². The van der Waals surface area contributed by atoms with Crippen LogP contribution in [0.5, 0.6) is 0 Å². The molecular formula is C17H21N5O2. The molecule has 2 N–H and O–H groups in total. The van der Waals surface area contributed by atoms with Crippen molar-refractivity contribution in [1.82, 2.24) is 24.6 Å². The van der Waals surface area contributed by atoms with Crippen molar-refractivity contribution in [3.8, 4) is 0 Å². The molecule has 0 aliphatic carbocycles. The number of amides is 1. The fourth-order valence-corrected chi connectivity index (χ4v) is 2.79. The highest BCUT2D eigenvalue weighted by Crippen LogP contribution is 2.18. The summed E-state index contributed by atoms with van der Waals surface area (Å²) in [6.45, 7) is 4.45. The zero-order valence-corrected chi connectivity index (χ0v) is 14.0. The molecule has 3 aromatic rings. The van der Waals surface area contributed by atoms with Gasteiger partial charge in [-0.05, 0) is 32.0 Å². The number of carbonyl (C=O) groups is 1. The van der Waals surface area contributed by atoms with Gasteiger partial charge in [0, 0.05) is 30.4 Å². The summed E-state index contributed by atoms with van der Waals surface area (Å²) in [6.07, 6.45) is 3.45. The summed E-state index contributed by atoms with van der Waals surface area (Å²) in [6, 6.07) is 5.26. The monoisotopic (exact) mass is 327 g/mol. The van der Waals surface area contributed by atoms with E-state index in [9.17, 15) is 4.79 Å². The summed E-state index contributed by atoms with van der Waals surface area (Å²) in [5, 5.41) is 16.3. The first kappa shape index (κ1) is 16.2. The van der Waals surface area contributed by atoms with E-state index in [0.717, 1.165) is 22.3 Å². The van der Waals surface area contributed by atoms with Gasteiger partial charge in [0.25, 0.3) is 5.91 Å². The van der Waals surface area contributed by atoms with E-state index < -0.39 is 0 Å². The van der Waals surface area contributed by atoms with E-state index in [4.69, 9.17) is 5.11 Å². The number of imidazole rings is 1. The van der Waals surface area contributed by atoms with Gasteiger partial charge in [-0.3, -0.25) is 9.48 Å². The lowest BCUT2D eigenvalue weighted by Crippen LogP contribution is -2.26. The van der Waals surface area contributed by atoms with Gasteiger partial charge in [0.2, 0.25) is 0 Å². The van der Waals surface area contributed by atoms with Crippen LogP contribution < -0.4 is 5.32 Å². The summed E-state index contributed by atoms with van der Waals surface area (Å²) in [5.41, 5.74) is 4.23. The lowest BCUT2D eigenvalue weighted by Gasteiger charge is -2.14. The number of carbonyl (C=O) groups excluding carboxylic acids is 1. The average molecular weight is 327 g/mol. The van der Waals surface area contributed by atoms with Crippen LogP contribution in [0.4, 0.5) is 0 Å². The Labute approximate surface area is 139 Å². The van der Waals surface area contributed by atoms with Crippen LogP contribution in [0.15, 0.2) is 30.7 Å². The minimum Gasteiger partial charge on any atom is -0.395 e. The van der Waals surface area contributed by atoms with Gasteiger partial charge in [-0.25, -0.2) is 4.98 Å². The van der Waals surface area contributed by atoms with Crippen LogP contribution in [-0.4, -0.2) is 37.0 Å². The third-order valence-electron chi connectivity index (χ3n) is 4.31. The van der Waals surface area contributed by atoms with Crippen molar-refractivity contribution in [1.29, 1.82) is 0 Å². The van der Waals surface area contributed by atoms with E-state index in [1.165, 1.54) is 0 Å². The molecule has 7 heteroatoms. The van der Waals surface area contributed by atoms with Crippen molar-refractivity contribution in [2.75, 3.05) is 6.61 Å². The number of aliphatic hydroxyl groups excluding tert-OH is 1. The fourth-order valence-electron chi connectivity index (χ4n) is 2.79. The zero-order chi connectivity index (χ0) is 17.3. The van der Waals surface area contributed by atoms with Gasteiger partial charge in [0.05, 0.1) is 36.2 Å². The topological polar surface area (TPSA) is 85.0 Å². The van der Waals surface area contributed by atoms with Crippen LogP contribution in [0.2, 0.25) is 0 Å². The second kappa shape index (κ2) is 6.45. The van der Waals surface area contributed by atoms with Gasteiger partial charge in [-0.15, -0.1) is 0 Å². The predicted molar refractivity (Wildman–Crippen MR) is 90.6 cm³/mol. The number of benzene rings is 1. The molecule has 0 fully saturated rings. The predicted octanol–water partition coefficient (Wildman–Crippen LogP) is 1.56. The third kappa shape index (κ3) is 2.90. The molecule has 126 valence electrons. The van der Waals surface area contributed by atoms with Crippen LogP contribution in [0.3, 0.4) is 0 Å². The zero-order valence-electron chi connectivity index (χ0n) is 14.0. The Balaban J connectivity index is 1.79. The number of aryl methyl sites for hydroxylation is 1. The SMILES string of the molecule is Cc1c(C(C)NC(=O)c2ccc3c(c2)ncn3CCO)cnn1C. The first-order valence-electron chi connectivity index (χ1n) is 7.86. The van der Waals surface area contributed by atoms with Crippen molar-refractivity contribution in [2.45, 2.75) is 26.4 Å². The van der Waals surface area contributed by atoms with E-state index in [2.05, 4.69) is 15.4 Å². The highest BCUT2D eigenvalue weighted by atomic mass is 16.3. The molecule has 1 aromatic carbocycles. The van der Waals surface area contributed by atoms with E-state index in [1.54, 1.807) is 29.3 Å². The Kier molecular flexibility index (Phi) is 4.35. The smallest absolute Gasteiger partial charge is 0.251 e. The lowest BCUT2D eigenvalue weighted by atomic mass is 10.1. The second-order valence-corrected chi connectivity index (χ2v) is 5.87. The van der Waals surface area contributed by atoms with Gasteiger partial charge in [-0.2, -0.15) is 5.10 Å². The Morgan fingerprint density at radius 2 is 2.21 bits per heavy atom. The number of aromatic nitrogens is 4. The molecule has 24 heavy (non-hydrogen) atoms. The highest BCUT2D eigenvalue weighted by Gasteiger charge is 2.16. The molecule has 0 saturated carbocycles. The quantitative estimate of drug-likeness (QED) is 0.745. The van der Waals surface area contributed by atoms with Crippen LogP contribution in [0.1, 0.15) is 34.6 Å². The van der Waals surface area contributed by atoms with Crippen molar-refractivity contribution < 1.29 is 9.90 Å². The lowest BCUT2D eigenvalue weighted by molar-refractivity contribution is 0.0940. The van der Waals surface area contributed by atoms with Gasteiger partial charge >= 0.3 is 0 Å². The molecule has 7 nitrogen and oxygen atoms in total. The van der Waals surface area contributed by atoms with Gasteiger partial charge < -0.3 is 15.0 Å². The first-order chi connectivity index (χ1) is 11.5. The number of hydrogen-bond donors (Lipinski definition) is 2. The van der Waals surface area contributed by atoms with E-state index in [-0.39, 0.29) is 18.6 Å². The number of nitrogens with one attached hydrogen (secondary N) is 1. The minimum atomic E-state index is -0.149. The molecule has 0 radical (unpaired) electrons. The van der Waals surface area contributed by atoms with Crippen molar-refractivity contribution >= 4 is 16.9 Å². The molecule has 2 heterocycles. The molecular weight excluding hydrogens is 306 g/mol. The second-order valence-electron chi connectivity index (χ2n) is 5.87. The summed E-state index contributed by atoms with van der Waals surface area (Å²) in [7, 11) is 1.88. The molecule has 2 aromatic heterocycles. The number of fused-ring (bicyclic) bond motifs is 1. The number of nitrogens with zero attached hydrogens (tertiary/aromatic N) is 4. The van der Waals surface area contributed by atoms with Crippen LogP contribution >= 0.6 is 0 Å². The molecule has 0 spiro atoms. The number of hydrogen-bond acceptors (Lipinski definition) is 4. The van der Waals surface area contributed by atoms with Crippen molar-refractivity contribution in [3.05, 3.63) is 47.5 Å². The summed E-state index contributed by atoms with van der Waals surface area (Å²) in [4.78, 5) is 16.8. The third-order valence-corrected chi connectivity index (χ3v) is 4.31. The largest absolute Gasteiger partial charge is 0.395 e. The van der Waals surface area contributed by atoms with Gasteiger partial charge in [0.15, 0.2) is 0 Å². The molecule has 1 amide bonds.